The minimum atomic E-state index is -3.06. The van der Waals surface area contributed by atoms with Gasteiger partial charge in [-0.1, -0.05) is 30.3 Å². The van der Waals surface area contributed by atoms with Gasteiger partial charge in [0.25, 0.3) is 0 Å². The van der Waals surface area contributed by atoms with Crippen LogP contribution in [0.4, 0.5) is 4.79 Å². The van der Waals surface area contributed by atoms with E-state index in [0.717, 1.165) is 11.4 Å². The van der Waals surface area contributed by atoms with Crippen molar-refractivity contribution in [2.45, 2.75) is 32.5 Å². The van der Waals surface area contributed by atoms with Gasteiger partial charge in [-0.3, -0.25) is 0 Å². The van der Waals surface area contributed by atoms with E-state index in [1.54, 1.807) is 11.1 Å². The molecule has 0 saturated carbocycles. The van der Waals surface area contributed by atoms with Crippen molar-refractivity contribution >= 4 is 15.9 Å². The van der Waals surface area contributed by atoms with Crippen molar-refractivity contribution in [3.8, 4) is 0 Å². The van der Waals surface area contributed by atoms with Crippen molar-refractivity contribution in [1.82, 2.24) is 19.8 Å². The van der Waals surface area contributed by atoms with E-state index >= 15 is 0 Å². The molecule has 1 aromatic heterocycles. The maximum atomic E-state index is 12.8. The lowest BCUT2D eigenvalue weighted by atomic mass is 10.1. The molecule has 1 aliphatic rings. The molecule has 0 bridgehead atoms. The molecule has 1 atom stereocenters. The van der Waals surface area contributed by atoms with Crippen LogP contribution in [-0.4, -0.2) is 53.0 Å². The van der Waals surface area contributed by atoms with E-state index in [1.807, 2.05) is 48.0 Å². The third kappa shape index (κ3) is 4.63. The van der Waals surface area contributed by atoms with Crippen LogP contribution in [0.15, 0.2) is 42.7 Å². The number of carbonyl (C=O) groups is 1. The summed E-state index contributed by atoms with van der Waals surface area (Å²) in [6.45, 7) is 3.39. The fraction of sp³-hybridized carbons (Fsp3) is 0.444. The van der Waals surface area contributed by atoms with Gasteiger partial charge in [0.05, 0.1) is 11.5 Å². The van der Waals surface area contributed by atoms with E-state index in [1.165, 1.54) is 0 Å². The largest absolute Gasteiger partial charge is 0.336 e. The quantitative estimate of drug-likeness (QED) is 0.830. The highest BCUT2D eigenvalue weighted by Gasteiger charge is 2.34. The molecule has 8 heteroatoms. The monoisotopic (exact) mass is 376 g/mol. The lowest BCUT2D eigenvalue weighted by Crippen LogP contribution is -2.47. The van der Waals surface area contributed by atoms with E-state index < -0.39 is 9.84 Å². The number of rotatable bonds is 6. The molecule has 3 rings (SSSR count). The summed E-state index contributed by atoms with van der Waals surface area (Å²) in [5.41, 5.74) is 0.984. The number of carbonyl (C=O) groups excluding carboxylic acids is 1. The zero-order valence-electron chi connectivity index (χ0n) is 14.8. The first-order valence-electron chi connectivity index (χ1n) is 8.71. The molecule has 26 heavy (non-hydrogen) atoms. The molecular formula is C18H24N4O3S. The maximum Gasteiger partial charge on any atom is 0.318 e. The topological polar surface area (TPSA) is 84.3 Å². The number of amides is 2. The summed E-state index contributed by atoms with van der Waals surface area (Å²) in [4.78, 5) is 18.6. The number of benzene rings is 1. The van der Waals surface area contributed by atoms with Crippen molar-refractivity contribution in [1.29, 1.82) is 0 Å². The first-order valence-corrected chi connectivity index (χ1v) is 10.5. The number of hydrogen-bond acceptors (Lipinski definition) is 4. The molecule has 1 fully saturated rings. The first-order chi connectivity index (χ1) is 12.4. The Kier molecular flexibility index (Phi) is 5.61. The van der Waals surface area contributed by atoms with Gasteiger partial charge >= 0.3 is 6.03 Å². The average molecular weight is 376 g/mol. The predicted molar refractivity (Wildman–Crippen MR) is 99.4 cm³/mol. The van der Waals surface area contributed by atoms with Gasteiger partial charge in [-0.05, 0) is 18.9 Å². The lowest BCUT2D eigenvalue weighted by molar-refractivity contribution is 0.176. The molecule has 0 spiro atoms. The van der Waals surface area contributed by atoms with E-state index in [-0.39, 0.29) is 23.6 Å². The average Bonchev–Trinajstić information content (AvgIpc) is 3.18. The van der Waals surface area contributed by atoms with E-state index in [9.17, 15) is 13.2 Å². The Bertz CT molecular complexity index is 848. The summed E-state index contributed by atoms with van der Waals surface area (Å²) in [5.74, 6) is 1.07. The van der Waals surface area contributed by atoms with Gasteiger partial charge in [0, 0.05) is 38.1 Å². The Morgan fingerprint density at radius 1 is 1.35 bits per heavy atom. The second-order valence-corrected chi connectivity index (χ2v) is 8.80. The van der Waals surface area contributed by atoms with Crippen LogP contribution in [0.1, 0.15) is 17.8 Å². The molecule has 0 aliphatic carbocycles. The van der Waals surface area contributed by atoms with Crippen LogP contribution in [0.5, 0.6) is 0 Å². The number of nitrogens with one attached hydrogen (secondary N) is 1. The number of urea groups is 1. The van der Waals surface area contributed by atoms with Gasteiger partial charge in [-0.15, -0.1) is 0 Å². The number of aromatic nitrogens is 2. The fourth-order valence-corrected chi connectivity index (χ4v) is 4.92. The van der Waals surface area contributed by atoms with E-state index in [0.29, 0.717) is 26.1 Å². The number of nitrogens with zero attached hydrogens (tertiary/aromatic N) is 3. The Morgan fingerprint density at radius 2 is 2.12 bits per heavy atom. The third-order valence-electron chi connectivity index (χ3n) is 4.66. The molecule has 0 radical (unpaired) electrons. The molecule has 140 valence electrons. The molecule has 7 nitrogen and oxygen atoms in total. The van der Waals surface area contributed by atoms with E-state index in [2.05, 4.69) is 10.3 Å². The molecule has 1 saturated heterocycles. The van der Waals surface area contributed by atoms with Crippen molar-refractivity contribution in [2.75, 3.05) is 18.1 Å². The van der Waals surface area contributed by atoms with Crippen LogP contribution in [0, 0.1) is 6.92 Å². The highest BCUT2D eigenvalue weighted by molar-refractivity contribution is 7.91. The standard InChI is InChI=1S/C18H24N4O3S/c1-15-19-8-10-21(15)11-9-20-18(23)22(13-16-5-3-2-4-6-16)17-7-12-26(24,25)14-17/h2-6,8,10,17H,7,9,11-14H2,1H3,(H,20,23)/t17-/m0/s1. The smallest absolute Gasteiger partial charge is 0.318 e. The molecule has 0 unspecified atom stereocenters. The summed E-state index contributed by atoms with van der Waals surface area (Å²) in [7, 11) is -3.06. The summed E-state index contributed by atoms with van der Waals surface area (Å²) in [5, 5.41) is 2.92. The second kappa shape index (κ2) is 7.90. The number of aryl methyl sites for hydroxylation is 1. The summed E-state index contributed by atoms with van der Waals surface area (Å²) < 4.78 is 25.7. The van der Waals surface area contributed by atoms with Gasteiger partial charge in [0.2, 0.25) is 0 Å². The molecule has 1 N–H and O–H groups in total. The van der Waals surface area contributed by atoms with Crippen LogP contribution >= 0.6 is 0 Å². The zero-order chi connectivity index (χ0) is 18.6. The Hall–Kier alpha value is -2.35. The molecule has 1 aliphatic heterocycles. The molecule has 2 aromatic rings. The minimum absolute atomic E-state index is 0.0356. The van der Waals surface area contributed by atoms with Gasteiger partial charge in [-0.2, -0.15) is 0 Å². The fourth-order valence-electron chi connectivity index (χ4n) is 3.19. The van der Waals surface area contributed by atoms with Crippen molar-refractivity contribution in [2.24, 2.45) is 0 Å². The Morgan fingerprint density at radius 3 is 2.73 bits per heavy atom. The predicted octanol–water partition coefficient (Wildman–Crippen LogP) is 1.59. The van der Waals surface area contributed by atoms with Crippen molar-refractivity contribution < 1.29 is 13.2 Å². The molecule has 1 aromatic carbocycles. The maximum absolute atomic E-state index is 12.8. The summed E-state index contributed by atoms with van der Waals surface area (Å²) in [6.07, 6.45) is 4.08. The van der Waals surface area contributed by atoms with E-state index in [4.69, 9.17) is 0 Å². The van der Waals surface area contributed by atoms with Crippen LogP contribution < -0.4 is 5.32 Å². The number of imidazole rings is 1. The molecule has 2 amide bonds. The Balaban J connectivity index is 1.65. The van der Waals surface area contributed by atoms with Crippen LogP contribution in [0.2, 0.25) is 0 Å². The highest BCUT2D eigenvalue weighted by atomic mass is 32.2. The molecular weight excluding hydrogens is 352 g/mol. The van der Waals surface area contributed by atoms with Crippen LogP contribution in [-0.2, 0) is 22.9 Å². The molecule has 2 heterocycles. The summed E-state index contributed by atoms with van der Waals surface area (Å²) in [6, 6.07) is 9.12. The zero-order valence-corrected chi connectivity index (χ0v) is 15.7. The van der Waals surface area contributed by atoms with Crippen LogP contribution in [0.25, 0.3) is 0 Å². The van der Waals surface area contributed by atoms with Gasteiger partial charge in [0.1, 0.15) is 5.82 Å². The highest BCUT2D eigenvalue weighted by Crippen LogP contribution is 2.20. The number of hydrogen-bond donors (Lipinski definition) is 1. The lowest BCUT2D eigenvalue weighted by Gasteiger charge is -2.28. The van der Waals surface area contributed by atoms with Gasteiger partial charge in [0.15, 0.2) is 9.84 Å². The Labute approximate surface area is 154 Å². The second-order valence-electron chi connectivity index (χ2n) is 6.57. The number of sulfone groups is 1. The normalized spacial score (nSPS) is 18.6. The summed E-state index contributed by atoms with van der Waals surface area (Å²) >= 11 is 0. The minimum Gasteiger partial charge on any atom is -0.336 e. The van der Waals surface area contributed by atoms with Gasteiger partial charge < -0.3 is 14.8 Å². The first kappa shape index (κ1) is 18.4. The van der Waals surface area contributed by atoms with Gasteiger partial charge in [-0.25, -0.2) is 18.2 Å². The van der Waals surface area contributed by atoms with Crippen molar-refractivity contribution in [3.05, 3.63) is 54.1 Å². The van der Waals surface area contributed by atoms with Crippen LogP contribution in [0.3, 0.4) is 0 Å². The van der Waals surface area contributed by atoms with Crippen molar-refractivity contribution in [3.63, 3.8) is 0 Å². The SMILES string of the molecule is Cc1nccn1CCNC(=O)N(Cc1ccccc1)[C@H]1CCS(=O)(=O)C1. The third-order valence-corrected chi connectivity index (χ3v) is 6.41.